The number of allylic oxidation sites excluding steroid dienone is 3. The Kier molecular flexibility index (Phi) is 13.7. The first-order chi connectivity index (χ1) is 20.7. The highest BCUT2D eigenvalue weighted by Crippen LogP contribution is 2.36. The zero-order chi connectivity index (χ0) is 31.1. The second-order valence-electron chi connectivity index (χ2n) is 10.8. The van der Waals surface area contributed by atoms with Gasteiger partial charge in [0, 0.05) is 31.1 Å². The highest BCUT2D eigenvalue weighted by molar-refractivity contribution is 5.96. The second-order valence-corrected chi connectivity index (χ2v) is 10.8. The number of ketones is 2. The van der Waals surface area contributed by atoms with E-state index in [0.717, 1.165) is 17.2 Å². The third-order valence-corrected chi connectivity index (χ3v) is 7.56. The molecule has 232 valence electrons. The number of benzene rings is 2. The lowest BCUT2D eigenvalue weighted by atomic mass is 9.90. The van der Waals surface area contributed by atoms with Gasteiger partial charge in [-0.3, -0.25) is 14.4 Å². The number of rotatable bonds is 18. The third kappa shape index (κ3) is 11.2. The summed E-state index contributed by atoms with van der Waals surface area (Å²) in [5.41, 5.74) is 1.81. The quantitative estimate of drug-likeness (QED) is 0.0763. The van der Waals surface area contributed by atoms with E-state index in [1.807, 2.05) is 66.7 Å². The van der Waals surface area contributed by atoms with E-state index in [0.29, 0.717) is 31.4 Å². The predicted octanol–water partition coefficient (Wildman–Crippen LogP) is 7.60. The van der Waals surface area contributed by atoms with Gasteiger partial charge in [-0.05, 0) is 55.0 Å². The molecule has 0 bridgehead atoms. The molecule has 6 nitrogen and oxygen atoms in total. The van der Waals surface area contributed by atoms with Crippen molar-refractivity contribution >= 4 is 17.5 Å². The average Bonchev–Trinajstić information content (AvgIpc) is 3.32. The number of Topliss-reactive ketones (excluding diaryl/α,β-unsaturated/α-hetero) is 1. The van der Waals surface area contributed by atoms with Crippen molar-refractivity contribution in [2.24, 2.45) is 11.8 Å². The summed E-state index contributed by atoms with van der Waals surface area (Å²) in [7, 11) is 1.58. The zero-order valence-corrected chi connectivity index (χ0v) is 25.0. The number of unbranched alkanes of at least 4 members (excludes halogenated alkanes) is 2. The van der Waals surface area contributed by atoms with Crippen molar-refractivity contribution in [3.63, 3.8) is 0 Å². The Bertz CT molecular complexity index is 1220. The summed E-state index contributed by atoms with van der Waals surface area (Å²) in [6, 6.07) is 16.8. The summed E-state index contributed by atoms with van der Waals surface area (Å²) >= 11 is 0. The van der Waals surface area contributed by atoms with Crippen LogP contribution in [0.2, 0.25) is 0 Å². The SMILES string of the molecule is CCCCC(F)(F)C(=O)C=C[C@H]1[C@H](OCc2ccc(OC)cc2)CC(=O)[C@@H]1CC=CCCCC(=O)OCc1ccccc1. The molecule has 0 aromatic heterocycles. The van der Waals surface area contributed by atoms with Crippen LogP contribution in [0.15, 0.2) is 78.9 Å². The van der Waals surface area contributed by atoms with Gasteiger partial charge in [0.15, 0.2) is 0 Å². The number of carbonyl (C=O) groups is 3. The molecule has 2 aromatic rings. The number of methoxy groups -OCH3 is 1. The van der Waals surface area contributed by atoms with Gasteiger partial charge in [-0.25, -0.2) is 0 Å². The Morgan fingerprint density at radius 2 is 1.70 bits per heavy atom. The smallest absolute Gasteiger partial charge is 0.309 e. The Morgan fingerprint density at radius 1 is 0.977 bits per heavy atom. The van der Waals surface area contributed by atoms with Gasteiger partial charge in [-0.2, -0.15) is 8.78 Å². The lowest BCUT2D eigenvalue weighted by Gasteiger charge is -2.21. The molecule has 0 unspecified atom stereocenters. The molecular formula is C35H42F2O6. The lowest BCUT2D eigenvalue weighted by Crippen LogP contribution is -2.28. The monoisotopic (exact) mass is 596 g/mol. The van der Waals surface area contributed by atoms with E-state index in [2.05, 4.69) is 0 Å². The molecular weight excluding hydrogens is 554 g/mol. The molecule has 0 amide bonds. The standard InChI is InChI=1S/C35H42F2O6/c1-3-4-22-35(36,37)33(39)21-20-30-29(31(38)23-32(30)42-24-27-16-18-28(41-2)19-17-27)14-10-5-6-11-15-34(40)43-25-26-12-8-7-9-13-26/h5,7-10,12-13,16-21,29-30,32H,3-4,6,11,14-15,22-25H2,1-2H3/t29-,30-,32-/m1/s1. The predicted molar refractivity (Wildman–Crippen MR) is 161 cm³/mol. The summed E-state index contributed by atoms with van der Waals surface area (Å²) < 4.78 is 45.3. The molecule has 0 spiro atoms. The first kappa shape index (κ1) is 33.8. The minimum absolute atomic E-state index is 0.0336. The van der Waals surface area contributed by atoms with Crippen LogP contribution in [0.3, 0.4) is 0 Å². The van der Waals surface area contributed by atoms with Gasteiger partial charge in [0.05, 0.1) is 19.8 Å². The molecule has 0 heterocycles. The summed E-state index contributed by atoms with van der Waals surface area (Å²) in [5.74, 6) is -5.30. The molecule has 0 radical (unpaired) electrons. The van der Waals surface area contributed by atoms with E-state index in [-0.39, 0.29) is 44.2 Å². The maximum atomic E-state index is 14.3. The van der Waals surface area contributed by atoms with E-state index in [9.17, 15) is 23.2 Å². The molecule has 3 atom stereocenters. The summed E-state index contributed by atoms with van der Waals surface area (Å²) in [4.78, 5) is 37.4. The molecule has 1 fully saturated rings. The van der Waals surface area contributed by atoms with Gasteiger partial charge in [0.1, 0.15) is 18.1 Å². The lowest BCUT2D eigenvalue weighted by molar-refractivity contribution is -0.145. The Balaban J connectivity index is 1.57. The van der Waals surface area contributed by atoms with E-state index in [1.54, 1.807) is 14.0 Å². The van der Waals surface area contributed by atoms with Gasteiger partial charge in [-0.15, -0.1) is 0 Å². The van der Waals surface area contributed by atoms with Gasteiger partial charge >= 0.3 is 11.9 Å². The molecule has 2 aromatic carbocycles. The largest absolute Gasteiger partial charge is 0.497 e. The van der Waals surface area contributed by atoms with Crippen molar-refractivity contribution in [1.29, 1.82) is 0 Å². The van der Waals surface area contributed by atoms with E-state index in [4.69, 9.17) is 14.2 Å². The van der Waals surface area contributed by atoms with Crippen LogP contribution >= 0.6 is 0 Å². The number of alkyl halides is 2. The maximum absolute atomic E-state index is 14.3. The average molecular weight is 597 g/mol. The van der Waals surface area contributed by atoms with E-state index < -0.39 is 36.1 Å². The van der Waals surface area contributed by atoms with E-state index >= 15 is 0 Å². The highest BCUT2D eigenvalue weighted by Gasteiger charge is 2.42. The Labute approximate surface area is 253 Å². The Hall–Kier alpha value is -3.65. The van der Waals surface area contributed by atoms with E-state index in [1.165, 1.54) is 6.08 Å². The molecule has 1 aliphatic rings. The maximum Gasteiger partial charge on any atom is 0.309 e. The number of hydrogen-bond donors (Lipinski definition) is 0. The van der Waals surface area contributed by atoms with Crippen LogP contribution in [-0.2, 0) is 37.1 Å². The fraction of sp³-hybridized carbons (Fsp3) is 0.457. The summed E-state index contributed by atoms with van der Waals surface area (Å²) in [6.45, 7) is 2.26. The first-order valence-corrected chi connectivity index (χ1v) is 15.0. The molecule has 0 aliphatic heterocycles. The van der Waals surface area contributed by atoms with Crippen molar-refractivity contribution < 1.29 is 37.4 Å². The second kappa shape index (κ2) is 17.5. The molecule has 8 heteroatoms. The highest BCUT2D eigenvalue weighted by atomic mass is 19.3. The van der Waals surface area contributed by atoms with Gasteiger partial charge in [0.25, 0.3) is 0 Å². The number of ether oxygens (including phenoxy) is 3. The van der Waals surface area contributed by atoms with Crippen LogP contribution < -0.4 is 4.74 Å². The van der Waals surface area contributed by atoms with Crippen LogP contribution in [0.5, 0.6) is 5.75 Å². The third-order valence-electron chi connectivity index (χ3n) is 7.56. The zero-order valence-electron chi connectivity index (χ0n) is 25.0. The van der Waals surface area contributed by atoms with Crippen LogP contribution in [0, 0.1) is 11.8 Å². The van der Waals surface area contributed by atoms with Crippen LogP contribution in [0.1, 0.15) is 69.4 Å². The van der Waals surface area contributed by atoms with Crippen LogP contribution in [0.25, 0.3) is 0 Å². The number of halogens is 2. The number of hydrogen-bond acceptors (Lipinski definition) is 6. The fourth-order valence-corrected chi connectivity index (χ4v) is 4.98. The molecule has 0 saturated heterocycles. The van der Waals surface area contributed by atoms with Crippen molar-refractivity contribution in [3.8, 4) is 5.75 Å². The van der Waals surface area contributed by atoms with Crippen molar-refractivity contribution in [3.05, 3.63) is 90.0 Å². The number of carbonyl (C=O) groups excluding carboxylic acids is 3. The molecule has 3 rings (SSSR count). The van der Waals surface area contributed by atoms with Gasteiger partial charge in [0.2, 0.25) is 5.78 Å². The van der Waals surface area contributed by atoms with Crippen molar-refractivity contribution in [2.45, 2.75) is 83.5 Å². The Morgan fingerprint density at radius 3 is 2.40 bits per heavy atom. The fourth-order valence-electron chi connectivity index (χ4n) is 4.98. The normalized spacial score (nSPS) is 18.9. The van der Waals surface area contributed by atoms with Gasteiger partial charge in [-0.1, -0.05) is 74.0 Å². The molecule has 1 aliphatic carbocycles. The van der Waals surface area contributed by atoms with Crippen LogP contribution in [-0.4, -0.2) is 36.7 Å². The van der Waals surface area contributed by atoms with Crippen molar-refractivity contribution in [2.75, 3.05) is 7.11 Å². The minimum Gasteiger partial charge on any atom is -0.497 e. The van der Waals surface area contributed by atoms with Crippen molar-refractivity contribution in [1.82, 2.24) is 0 Å². The van der Waals surface area contributed by atoms with Gasteiger partial charge < -0.3 is 14.2 Å². The van der Waals surface area contributed by atoms with Crippen LogP contribution in [0.4, 0.5) is 8.78 Å². The topological polar surface area (TPSA) is 78.9 Å². The first-order valence-electron chi connectivity index (χ1n) is 15.0. The summed E-state index contributed by atoms with van der Waals surface area (Å²) in [5, 5.41) is 0. The molecule has 0 N–H and O–H groups in total. The minimum atomic E-state index is -3.44. The molecule has 1 saturated carbocycles. The summed E-state index contributed by atoms with van der Waals surface area (Å²) in [6.07, 6.45) is 7.95. The molecule has 43 heavy (non-hydrogen) atoms. The number of esters is 1.